The molecule has 0 saturated heterocycles. The Morgan fingerprint density at radius 3 is 2.36 bits per heavy atom. The molecule has 1 aliphatic rings. The fraction of sp³-hybridized carbons (Fsp3) is 0.343. The number of fused-ring (bicyclic) bond motifs is 2. The number of nitrogens with zero attached hydrogens (tertiary/aromatic N) is 1. The lowest BCUT2D eigenvalue weighted by atomic mass is 9.97. The normalized spacial score (nSPS) is 14.1. The summed E-state index contributed by atoms with van der Waals surface area (Å²) < 4.78 is 23.4. The van der Waals surface area contributed by atoms with Crippen LogP contribution >= 0.6 is 11.6 Å². The van der Waals surface area contributed by atoms with Crippen LogP contribution in [0.25, 0.3) is 11.0 Å². The lowest BCUT2D eigenvalue weighted by molar-refractivity contribution is 0.0499. The van der Waals surface area contributed by atoms with Crippen LogP contribution in [0.5, 0.6) is 11.5 Å². The molecule has 44 heavy (non-hydrogen) atoms. The Morgan fingerprint density at radius 1 is 0.864 bits per heavy atom. The van der Waals surface area contributed by atoms with Crippen LogP contribution in [-0.4, -0.2) is 31.7 Å². The summed E-state index contributed by atoms with van der Waals surface area (Å²) in [4.78, 5) is 42.1. The van der Waals surface area contributed by atoms with Crippen molar-refractivity contribution < 1.29 is 28.2 Å². The van der Waals surface area contributed by atoms with Crippen molar-refractivity contribution in [3.63, 3.8) is 0 Å². The van der Waals surface area contributed by atoms with E-state index in [1.54, 1.807) is 48.5 Å². The van der Waals surface area contributed by atoms with E-state index in [4.69, 9.17) is 30.2 Å². The molecule has 3 aromatic carbocycles. The summed E-state index contributed by atoms with van der Waals surface area (Å²) >= 11 is 6.24. The van der Waals surface area contributed by atoms with Gasteiger partial charge in [-0.25, -0.2) is 4.79 Å². The molecule has 2 heterocycles. The van der Waals surface area contributed by atoms with Crippen LogP contribution in [0.1, 0.15) is 91.0 Å². The van der Waals surface area contributed by atoms with Crippen molar-refractivity contribution in [2.75, 3.05) is 24.7 Å². The third-order valence-corrected chi connectivity index (χ3v) is 7.77. The zero-order valence-electron chi connectivity index (χ0n) is 25.2. The molecule has 1 aliphatic heterocycles. The van der Waals surface area contributed by atoms with Crippen molar-refractivity contribution in [1.29, 1.82) is 0 Å². The molecule has 1 amide bonds. The third-order valence-electron chi connectivity index (χ3n) is 7.53. The molecule has 9 heteroatoms. The minimum Gasteiger partial charge on any atom is -0.490 e. The minimum atomic E-state index is -0.840. The predicted molar refractivity (Wildman–Crippen MR) is 170 cm³/mol. The van der Waals surface area contributed by atoms with Crippen molar-refractivity contribution in [2.45, 2.75) is 58.9 Å². The van der Waals surface area contributed by atoms with Crippen molar-refractivity contribution in [3.8, 4) is 11.5 Å². The highest BCUT2D eigenvalue weighted by Crippen LogP contribution is 2.43. The standard InChI is InChI=1S/C35H36ClNO7/c1-4-7-9-19-42-28-16-12-23(20-29(28)41-6-3)31-30-32(38)26-21-24(36)13-17-27(26)44-33(30)34(39)37(31)25-14-10-22(11-15-25)35(40)43-18-8-5-2/h10-17,20-21,31H,4-9,18-19H2,1-3H3. The van der Waals surface area contributed by atoms with Crippen LogP contribution in [0, 0.1) is 0 Å². The SMILES string of the molecule is CCCCCOc1ccc(C2c3c(oc4ccc(Cl)cc4c3=O)C(=O)N2c2ccc(C(=O)OCCCC)cc2)cc1OCC. The number of carbonyl (C=O) groups is 2. The minimum absolute atomic E-state index is 0.0456. The van der Waals surface area contributed by atoms with Gasteiger partial charge in [0.2, 0.25) is 5.76 Å². The van der Waals surface area contributed by atoms with Crippen molar-refractivity contribution >= 4 is 40.1 Å². The molecule has 230 valence electrons. The first kappa shape index (κ1) is 31.1. The molecular weight excluding hydrogens is 582 g/mol. The summed E-state index contributed by atoms with van der Waals surface area (Å²) in [5.74, 6) is 0.144. The summed E-state index contributed by atoms with van der Waals surface area (Å²) in [6, 6.07) is 15.9. The number of esters is 1. The van der Waals surface area contributed by atoms with E-state index in [1.165, 1.54) is 4.90 Å². The number of hydrogen-bond donors (Lipinski definition) is 0. The number of ether oxygens (including phenoxy) is 3. The van der Waals surface area contributed by atoms with E-state index in [1.807, 2.05) is 26.0 Å². The topological polar surface area (TPSA) is 95.3 Å². The summed E-state index contributed by atoms with van der Waals surface area (Å²) in [5.41, 5.74) is 1.60. The second-order valence-electron chi connectivity index (χ2n) is 10.6. The smallest absolute Gasteiger partial charge is 0.338 e. The Morgan fingerprint density at radius 2 is 1.64 bits per heavy atom. The second kappa shape index (κ2) is 14.0. The number of unbranched alkanes of at least 4 members (excludes halogenated alkanes) is 3. The monoisotopic (exact) mass is 617 g/mol. The number of anilines is 1. The first-order valence-electron chi connectivity index (χ1n) is 15.1. The second-order valence-corrected chi connectivity index (χ2v) is 11.1. The number of carbonyl (C=O) groups excluding carboxylic acids is 2. The van der Waals surface area contributed by atoms with Gasteiger partial charge in [-0.2, -0.15) is 0 Å². The van der Waals surface area contributed by atoms with E-state index in [2.05, 4.69) is 6.92 Å². The molecule has 0 saturated carbocycles. The zero-order valence-corrected chi connectivity index (χ0v) is 25.9. The van der Waals surface area contributed by atoms with Crippen molar-refractivity contribution in [3.05, 3.63) is 98.4 Å². The van der Waals surface area contributed by atoms with Crippen LogP contribution in [0.2, 0.25) is 5.02 Å². The third kappa shape index (κ3) is 6.31. The molecule has 8 nitrogen and oxygen atoms in total. The first-order chi connectivity index (χ1) is 21.4. The molecule has 0 aliphatic carbocycles. The highest BCUT2D eigenvalue weighted by Gasteiger charge is 2.44. The van der Waals surface area contributed by atoms with Crippen LogP contribution in [0.15, 0.2) is 69.9 Å². The van der Waals surface area contributed by atoms with E-state index in [-0.39, 0.29) is 27.7 Å². The highest BCUT2D eigenvalue weighted by molar-refractivity contribution is 6.31. The van der Waals surface area contributed by atoms with Gasteiger partial charge in [0.15, 0.2) is 16.9 Å². The van der Waals surface area contributed by atoms with E-state index >= 15 is 0 Å². The van der Waals surface area contributed by atoms with Gasteiger partial charge in [-0.05, 0) is 79.9 Å². The summed E-state index contributed by atoms with van der Waals surface area (Å²) in [6.07, 6.45) is 4.74. The maximum absolute atomic E-state index is 14.0. The van der Waals surface area contributed by atoms with Crippen LogP contribution in [0.4, 0.5) is 5.69 Å². The van der Waals surface area contributed by atoms with Crippen molar-refractivity contribution in [2.24, 2.45) is 0 Å². The van der Waals surface area contributed by atoms with E-state index in [0.29, 0.717) is 53.2 Å². The molecule has 0 radical (unpaired) electrons. The molecule has 0 spiro atoms. The fourth-order valence-corrected chi connectivity index (χ4v) is 5.47. The molecule has 5 rings (SSSR count). The lowest BCUT2D eigenvalue weighted by Crippen LogP contribution is -2.29. The van der Waals surface area contributed by atoms with E-state index in [9.17, 15) is 14.4 Å². The Labute approximate surface area is 261 Å². The maximum Gasteiger partial charge on any atom is 0.338 e. The summed E-state index contributed by atoms with van der Waals surface area (Å²) in [6.45, 7) is 7.33. The van der Waals surface area contributed by atoms with Gasteiger partial charge in [0, 0.05) is 10.7 Å². The predicted octanol–water partition coefficient (Wildman–Crippen LogP) is 8.12. The Bertz CT molecular complexity index is 1710. The first-order valence-corrected chi connectivity index (χ1v) is 15.5. The average Bonchev–Trinajstić information content (AvgIpc) is 3.32. The largest absolute Gasteiger partial charge is 0.490 e. The Balaban J connectivity index is 1.60. The van der Waals surface area contributed by atoms with Gasteiger partial charge in [-0.3, -0.25) is 14.5 Å². The molecule has 1 unspecified atom stereocenters. The van der Waals surface area contributed by atoms with Gasteiger partial charge in [-0.1, -0.05) is 50.8 Å². The van der Waals surface area contributed by atoms with Gasteiger partial charge in [0.1, 0.15) is 5.58 Å². The van der Waals surface area contributed by atoms with Crippen LogP contribution in [-0.2, 0) is 4.74 Å². The van der Waals surface area contributed by atoms with Gasteiger partial charge in [0.25, 0.3) is 5.91 Å². The molecule has 0 N–H and O–H groups in total. The highest BCUT2D eigenvalue weighted by atomic mass is 35.5. The average molecular weight is 618 g/mol. The molecule has 0 fully saturated rings. The van der Waals surface area contributed by atoms with Gasteiger partial charge < -0.3 is 18.6 Å². The summed E-state index contributed by atoms with van der Waals surface area (Å²) in [5, 5.41) is 0.661. The number of amides is 1. The van der Waals surface area contributed by atoms with Gasteiger partial charge in [-0.15, -0.1) is 0 Å². The Kier molecular flexibility index (Phi) is 9.90. The van der Waals surface area contributed by atoms with E-state index < -0.39 is 17.9 Å². The lowest BCUT2D eigenvalue weighted by Gasteiger charge is -2.26. The number of hydrogen-bond acceptors (Lipinski definition) is 7. The van der Waals surface area contributed by atoms with Crippen LogP contribution < -0.4 is 19.8 Å². The molecular formula is C35H36ClNO7. The zero-order chi connectivity index (χ0) is 31.2. The quantitative estimate of drug-likeness (QED) is 0.110. The number of benzene rings is 3. The number of rotatable bonds is 13. The molecule has 0 bridgehead atoms. The van der Waals surface area contributed by atoms with E-state index in [0.717, 1.165) is 32.1 Å². The molecule has 1 atom stereocenters. The Hall–Kier alpha value is -4.30. The molecule has 4 aromatic rings. The van der Waals surface area contributed by atoms with Crippen molar-refractivity contribution in [1.82, 2.24) is 0 Å². The summed E-state index contributed by atoms with van der Waals surface area (Å²) in [7, 11) is 0. The van der Waals surface area contributed by atoms with Gasteiger partial charge in [0.05, 0.1) is 42.4 Å². The molecule has 1 aromatic heterocycles. The number of halogens is 1. The van der Waals surface area contributed by atoms with Crippen LogP contribution in [0.3, 0.4) is 0 Å². The van der Waals surface area contributed by atoms with Gasteiger partial charge >= 0.3 is 5.97 Å². The fourth-order valence-electron chi connectivity index (χ4n) is 5.29. The maximum atomic E-state index is 14.0.